The van der Waals surface area contributed by atoms with Gasteiger partial charge in [0.15, 0.2) is 6.61 Å². The Labute approximate surface area is 647 Å². The van der Waals surface area contributed by atoms with Crippen molar-refractivity contribution in [2.75, 3.05) is 72.7 Å². The second-order valence-electron chi connectivity index (χ2n) is 29.5. The summed E-state index contributed by atoms with van der Waals surface area (Å²) in [7, 11) is 0. The smallest absolute Gasteiger partial charge is 0.333 e. The van der Waals surface area contributed by atoms with E-state index in [-0.39, 0.29) is 104 Å². The first-order valence-electron chi connectivity index (χ1n) is 36.6. The number of hydrogen-bond donors (Lipinski definition) is 5. The number of hydrogen-bond acceptors (Lipinski definition) is 19. The SMILES string of the molecule is C=C(C)C(=C)O.C=C(C)C(=O)OCC(O)COc1ccc(C(C)(C)c2ccc(OCC(O)COc3ccc(C(C)(C)c4ccc(OCC(O)COC(=O)C(=C)C)cc4)cc3)cc2)cc1.CC(C)(c1ccc(OCC(O)COc2ccc(C(C)(C)c3ccc(OCC4CO4)cc3)cc2)cc1)c1ccc(OCC2[CH+]O2)cc1. The van der Waals surface area contributed by atoms with Crippen molar-refractivity contribution in [3.05, 3.63) is 294 Å². The van der Waals surface area contributed by atoms with E-state index in [0.717, 1.165) is 45.9 Å². The molecule has 584 valence electrons. The van der Waals surface area contributed by atoms with Crippen LogP contribution in [0.2, 0.25) is 0 Å². The van der Waals surface area contributed by atoms with Crippen molar-refractivity contribution in [1.29, 1.82) is 0 Å². The van der Waals surface area contributed by atoms with E-state index >= 15 is 0 Å². The maximum Gasteiger partial charge on any atom is 0.333 e. The third-order valence-corrected chi connectivity index (χ3v) is 18.8. The van der Waals surface area contributed by atoms with Gasteiger partial charge in [-0.2, -0.15) is 0 Å². The lowest BCUT2D eigenvalue weighted by molar-refractivity contribution is -0.143. The van der Waals surface area contributed by atoms with Crippen molar-refractivity contribution in [1.82, 2.24) is 0 Å². The maximum atomic E-state index is 11.5. The zero-order chi connectivity index (χ0) is 79.8. The first-order valence-corrected chi connectivity index (χ1v) is 36.6. The normalized spacial score (nSPS) is 14.8. The summed E-state index contributed by atoms with van der Waals surface area (Å²) in [6.45, 7) is 39.4. The summed E-state index contributed by atoms with van der Waals surface area (Å²) >= 11 is 0. The maximum absolute atomic E-state index is 11.5. The van der Waals surface area contributed by atoms with Gasteiger partial charge in [-0.3, -0.25) is 0 Å². The fourth-order valence-electron chi connectivity index (χ4n) is 11.0. The van der Waals surface area contributed by atoms with Crippen molar-refractivity contribution in [3.63, 3.8) is 0 Å². The van der Waals surface area contributed by atoms with E-state index in [1.807, 2.05) is 146 Å². The first kappa shape index (κ1) is 85.1. The van der Waals surface area contributed by atoms with Gasteiger partial charge in [0.2, 0.25) is 0 Å². The summed E-state index contributed by atoms with van der Waals surface area (Å²) in [5, 5.41) is 49.6. The largest absolute Gasteiger partial charge is 0.508 e. The van der Waals surface area contributed by atoms with Crippen LogP contribution in [0.15, 0.2) is 243 Å². The molecule has 110 heavy (non-hydrogen) atoms. The van der Waals surface area contributed by atoms with Crippen LogP contribution in [0.1, 0.15) is 121 Å². The molecule has 0 bridgehead atoms. The second-order valence-corrected chi connectivity index (χ2v) is 29.5. The Morgan fingerprint density at radius 2 is 0.536 bits per heavy atom. The molecular formula is C91H107O19+. The molecule has 8 aromatic carbocycles. The zero-order valence-corrected chi connectivity index (χ0v) is 65.1. The van der Waals surface area contributed by atoms with Gasteiger partial charge in [0.25, 0.3) is 6.61 Å². The lowest BCUT2D eigenvalue weighted by atomic mass is 9.78. The number of allylic oxidation sites excluding steroid dienone is 1. The average molecular weight is 1500 g/mol. The number of carbonyl (C=O) groups is 2. The van der Waals surface area contributed by atoms with Gasteiger partial charge in [0.1, 0.15) is 142 Å². The summed E-state index contributed by atoms with van der Waals surface area (Å²) in [5.74, 6) is 4.46. The van der Waals surface area contributed by atoms with E-state index < -0.39 is 36.4 Å². The highest BCUT2D eigenvalue weighted by molar-refractivity contribution is 5.87. The molecule has 0 radical (unpaired) electrons. The molecule has 2 aliphatic heterocycles. The van der Waals surface area contributed by atoms with Crippen LogP contribution in [-0.4, -0.2) is 147 Å². The van der Waals surface area contributed by atoms with Crippen molar-refractivity contribution >= 4 is 11.9 Å². The summed E-state index contributed by atoms with van der Waals surface area (Å²) in [6.07, 6.45) is -3.20. The van der Waals surface area contributed by atoms with Gasteiger partial charge in [-0.1, -0.05) is 179 Å². The molecule has 0 spiro atoms. The lowest BCUT2D eigenvalue weighted by Gasteiger charge is -2.27. The number of rotatable bonds is 39. The Kier molecular flexibility index (Phi) is 30.7. The second kappa shape index (κ2) is 39.7. The number of esters is 2. The standard InChI is InChI=1S/C47H56O11.C39H43O7.C5H8O/c1-31(2)44(51)57-29-38(49)27-55-42-21-13-35(14-22-42)46(5,6)33-9-17-40(18-10-33)53-25-37(48)26-54-41-19-11-34(12-20-41)47(7,8)36-15-23-43(24-16-36)56-28-39(50)30-58-45(52)32(3)4;1-38(2,29-9-17-34(18-10-29)43-23-36-25-45-36)27-5-13-32(14-6-27)41-21-31(40)22-42-33-15-7-28(8-16-33)39(3,4)30-11-19-35(20-12-30)44-24-37-26-46-37;1-4(2)5(3)6/h9-24,37-39,48-50H,1,3,25-30H2,2,4-8H3;5-20,25,31,36-37,40H,21-24,26H2,1-4H3;6H,1,3H2,2H3/q;+1;. The number of carbonyl (C=O) groups excluding carboxylic acids is 2. The van der Waals surface area contributed by atoms with Gasteiger partial charge < -0.3 is 77.6 Å². The summed E-state index contributed by atoms with van der Waals surface area (Å²) < 4.78 is 66.6. The third-order valence-electron chi connectivity index (χ3n) is 18.8. The molecule has 2 fully saturated rings. The molecular weight excluding hydrogens is 1400 g/mol. The van der Waals surface area contributed by atoms with Crippen LogP contribution in [0.3, 0.4) is 0 Å². The monoisotopic (exact) mass is 1500 g/mol. The number of aliphatic hydroxyl groups is 5. The predicted molar refractivity (Wildman–Crippen MR) is 425 cm³/mol. The Morgan fingerprint density at radius 1 is 0.355 bits per heavy atom. The summed E-state index contributed by atoms with van der Waals surface area (Å²) in [5.41, 5.74) is 9.06. The molecule has 2 aliphatic rings. The third kappa shape index (κ3) is 26.4. The number of epoxide rings is 2. The highest BCUT2D eigenvalue weighted by Crippen LogP contribution is 2.38. The summed E-state index contributed by atoms with van der Waals surface area (Å²) in [6, 6.07) is 63.2. The number of benzene rings is 8. The van der Waals surface area contributed by atoms with Crippen LogP contribution < -0.4 is 37.9 Å². The Bertz CT molecular complexity index is 3960. The predicted octanol–water partition coefficient (Wildman–Crippen LogP) is 15.4. The molecule has 5 atom stereocenters. The van der Waals surface area contributed by atoms with E-state index in [2.05, 4.69) is 130 Å². The first-order chi connectivity index (χ1) is 52.3. The molecule has 19 heteroatoms. The minimum Gasteiger partial charge on any atom is -0.508 e. The van der Waals surface area contributed by atoms with E-state index in [4.69, 9.17) is 61.9 Å². The van der Waals surface area contributed by atoms with Gasteiger partial charge in [-0.15, -0.1) is 4.74 Å². The number of aliphatic hydroxyl groups excluding tert-OH is 5. The highest BCUT2D eigenvalue weighted by Gasteiger charge is 2.40. The van der Waals surface area contributed by atoms with E-state index in [1.165, 1.54) is 16.7 Å². The fourth-order valence-corrected chi connectivity index (χ4v) is 11.0. The molecule has 8 aromatic rings. The quantitative estimate of drug-likeness (QED) is 0.00599. The van der Waals surface area contributed by atoms with E-state index in [1.54, 1.807) is 27.4 Å². The minimum absolute atomic E-state index is 0.0220. The number of ether oxygens (including phenoxy) is 12. The molecule has 10 rings (SSSR count). The van der Waals surface area contributed by atoms with Gasteiger partial charge in [-0.05, 0) is 168 Å². The molecule has 0 aromatic heterocycles. The van der Waals surface area contributed by atoms with E-state index in [0.29, 0.717) is 53.3 Å². The van der Waals surface area contributed by atoms with Crippen LogP contribution >= 0.6 is 0 Å². The molecule has 19 nitrogen and oxygen atoms in total. The van der Waals surface area contributed by atoms with E-state index in [9.17, 15) is 30.0 Å². The fraction of sp³-hybridized carbons (Fsp3) is 0.352. The Balaban J connectivity index is 0.000000262. The lowest BCUT2D eigenvalue weighted by Crippen LogP contribution is -2.25. The van der Waals surface area contributed by atoms with Crippen molar-refractivity contribution < 1.29 is 92.0 Å². The van der Waals surface area contributed by atoms with Crippen LogP contribution in [0, 0.1) is 6.61 Å². The van der Waals surface area contributed by atoms with Crippen molar-refractivity contribution in [2.45, 2.75) is 134 Å². The molecule has 5 unspecified atom stereocenters. The minimum atomic E-state index is -0.963. The zero-order valence-electron chi connectivity index (χ0n) is 65.1. The van der Waals surface area contributed by atoms with Gasteiger partial charge in [0.05, 0.1) is 6.61 Å². The van der Waals surface area contributed by atoms with Crippen LogP contribution in [-0.2, 0) is 50.2 Å². The molecule has 0 amide bonds. The highest BCUT2D eigenvalue weighted by atomic mass is 16.6. The molecule has 0 aliphatic carbocycles. The van der Waals surface area contributed by atoms with Crippen LogP contribution in [0.25, 0.3) is 0 Å². The topological polar surface area (TPSA) is 253 Å². The van der Waals surface area contributed by atoms with Crippen LogP contribution in [0.5, 0.6) is 46.0 Å². The molecule has 2 saturated heterocycles. The average Bonchev–Trinajstić information content (AvgIpc) is 1.35. The Hall–Kier alpha value is -10.5. The van der Waals surface area contributed by atoms with Gasteiger partial charge >= 0.3 is 18.0 Å². The molecule has 5 N–H and O–H groups in total. The van der Waals surface area contributed by atoms with Crippen molar-refractivity contribution in [2.24, 2.45) is 0 Å². The van der Waals surface area contributed by atoms with Gasteiger partial charge in [-0.25, -0.2) is 9.59 Å². The summed E-state index contributed by atoms with van der Waals surface area (Å²) in [4.78, 5) is 23.0. The van der Waals surface area contributed by atoms with Crippen molar-refractivity contribution in [3.8, 4) is 46.0 Å². The molecule has 2 heterocycles. The van der Waals surface area contributed by atoms with Crippen LogP contribution in [0.4, 0.5) is 0 Å². The van der Waals surface area contributed by atoms with Gasteiger partial charge in [0, 0.05) is 32.8 Å². The molecule has 0 saturated carbocycles. The Morgan fingerprint density at radius 3 is 0.709 bits per heavy atom.